The highest BCUT2D eigenvalue weighted by atomic mass is 16.4. The van der Waals surface area contributed by atoms with Crippen LogP contribution in [0.4, 0.5) is 0 Å². The summed E-state index contributed by atoms with van der Waals surface area (Å²) in [6, 6.07) is -0.737. The molecule has 0 aliphatic rings. The van der Waals surface area contributed by atoms with E-state index < -0.39 is 12.0 Å². The number of rotatable bonds is 15. The van der Waals surface area contributed by atoms with E-state index in [0.29, 0.717) is 19.5 Å². The lowest BCUT2D eigenvalue weighted by Gasteiger charge is -2.28. The van der Waals surface area contributed by atoms with E-state index in [4.69, 9.17) is 5.11 Å². The van der Waals surface area contributed by atoms with E-state index in [1.807, 2.05) is 0 Å². The maximum Gasteiger partial charge on any atom is 0.303 e. The number of aliphatic carboxylic acids is 1. The minimum atomic E-state index is -0.952. The maximum atomic E-state index is 12.9. The Balaban J connectivity index is 4.88. The number of carbonyl (C=O) groups is 3. The summed E-state index contributed by atoms with van der Waals surface area (Å²) in [7, 11) is 0. The predicted molar refractivity (Wildman–Crippen MR) is 99.3 cm³/mol. The zero-order valence-electron chi connectivity index (χ0n) is 16.2. The Bertz CT molecular complexity index is 391. The molecule has 0 radical (unpaired) electrons. The van der Waals surface area contributed by atoms with Crippen LogP contribution in [-0.4, -0.2) is 46.9 Å². The summed E-state index contributed by atoms with van der Waals surface area (Å²) in [5, 5.41) is 11.7. The number of nitrogens with zero attached hydrogens (tertiary/aromatic N) is 1. The van der Waals surface area contributed by atoms with Gasteiger partial charge in [0, 0.05) is 25.9 Å². The van der Waals surface area contributed by atoms with Crippen molar-refractivity contribution in [1.29, 1.82) is 0 Å². The second-order valence-electron chi connectivity index (χ2n) is 6.54. The lowest BCUT2D eigenvalue weighted by Crippen LogP contribution is -2.49. The maximum absolute atomic E-state index is 12.9. The molecule has 0 aromatic heterocycles. The summed E-state index contributed by atoms with van der Waals surface area (Å²) >= 11 is 0. The first-order valence-electron chi connectivity index (χ1n) is 9.76. The minimum absolute atomic E-state index is 0.124. The van der Waals surface area contributed by atoms with Gasteiger partial charge in [-0.05, 0) is 25.7 Å². The number of carboxylic acid groups (broad SMARTS) is 1. The molecule has 0 rings (SSSR count). The molecular weight excluding hydrogens is 320 g/mol. The van der Waals surface area contributed by atoms with Gasteiger partial charge in [-0.25, -0.2) is 0 Å². The van der Waals surface area contributed by atoms with Crippen molar-refractivity contribution >= 4 is 17.8 Å². The van der Waals surface area contributed by atoms with Crippen LogP contribution < -0.4 is 5.32 Å². The quantitative estimate of drug-likeness (QED) is 0.441. The Labute approximate surface area is 152 Å². The molecule has 0 saturated heterocycles. The summed E-state index contributed by atoms with van der Waals surface area (Å²) in [5.74, 6) is -1.26. The zero-order valence-corrected chi connectivity index (χ0v) is 16.2. The van der Waals surface area contributed by atoms with Crippen LogP contribution in [0, 0.1) is 0 Å². The summed E-state index contributed by atoms with van der Waals surface area (Å²) in [6.07, 6.45) is 6.97. The molecule has 0 aromatic carbocycles. The van der Waals surface area contributed by atoms with Crippen LogP contribution in [0.15, 0.2) is 0 Å². The monoisotopic (exact) mass is 356 g/mol. The topological polar surface area (TPSA) is 86.7 Å². The Morgan fingerprint density at radius 1 is 0.880 bits per heavy atom. The summed E-state index contributed by atoms with van der Waals surface area (Å²) in [4.78, 5) is 37.6. The summed E-state index contributed by atoms with van der Waals surface area (Å²) in [6.45, 7) is 7.52. The van der Waals surface area contributed by atoms with E-state index in [9.17, 15) is 14.4 Å². The molecule has 0 aliphatic carbocycles. The van der Waals surface area contributed by atoms with E-state index in [2.05, 4.69) is 26.1 Å². The van der Waals surface area contributed by atoms with Gasteiger partial charge in [0.2, 0.25) is 11.8 Å². The number of nitrogens with one attached hydrogen (secondary N) is 1. The molecule has 1 atom stereocenters. The van der Waals surface area contributed by atoms with E-state index in [1.165, 1.54) is 0 Å². The molecule has 0 aliphatic heterocycles. The molecule has 6 nitrogen and oxygen atoms in total. The van der Waals surface area contributed by atoms with Gasteiger partial charge >= 0.3 is 5.97 Å². The van der Waals surface area contributed by atoms with Crippen molar-refractivity contribution in [3.8, 4) is 0 Å². The second kappa shape index (κ2) is 14.7. The molecule has 2 amide bonds. The highest BCUT2D eigenvalue weighted by Gasteiger charge is 2.26. The fourth-order valence-corrected chi connectivity index (χ4v) is 2.58. The van der Waals surface area contributed by atoms with Crippen molar-refractivity contribution in [2.24, 2.45) is 0 Å². The molecule has 0 fully saturated rings. The molecule has 2 N–H and O–H groups in total. The first kappa shape index (κ1) is 23.4. The van der Waals surface area contributed by atoms with Crippen LogP contribution in [0.3, 0.4) is 0 Å². The standard InChI is InChI=1S/C19H36N2O4/c1-4-7-10-11-17(22)20-16(12-13-18(23)24)19(25)21(14-8-5-2)15-9-6-3/h16H,4-15H2,1-3H3,(H,20,22)(H,23,24)/t16-/m0/s1. The molecule has 146 valence electrons. The lowest BCUT2D eigenvalue weighted by molar-refractivity contribution is -0.139. The first-order valence-corrected chi connectivity index (χ1v) is 9.76. The van der Waals surface area contributed by atoms with Gasteiger partial charge in [0.05, 0.1) is 0 Å². The predicted octanol–water partition coefficient (Wildman–Crippen LogP) is 3.35. The molecule has 0 aromatic rings. The van der Waals surface area contributed by atoms with Gasteiger partial charge in [-0.2, -0.15) is 0 Å². The van der Waals surface area contributed by atoms with Crippen LogP contribution in [0.2, 0.25) is 0 Å². The Morgan fingerprint density at radius 2 is 1.44 bits per heavy atom. The Kier molecular flexibility index (Phi) is 13.8. The van der Waals surface area contributed by atoms with Gasteiger partial charge in [0.1, 0.15) is 6.04 Å². The van der Waals surface area contributed by atoms with Gasteiger partial charge in [0.15, 0.2) is 0 Å². The second-order valence-corrected chi connectivity index (χ2v) is 6.54. The molecular formula is C19H36N2O4. The van der Waals surface area contributed by atoms with E-state index in [1.54, 1.807) is 4.90 Å². The number of carbonyl (C=O) groups excluding carboxylic acids is 2. The Morgan fingerprint density at radius 3 is 1.92 bits per heavy atom. The third kappa shape index (κ3) is 11.6. The smallest absolute Gasteiger partial charge is 0.303 e. The van der Waals surface area contributed by atoms with Crippen molar-refractivity contribution in [3.05, 3.63) is 0 Å². The molecule has 0 spiro atoms. The van der Waals surface area contributed by atoms with E-state index in [-0.39, 0.29) is 24.7 Å². The average Bonchev–Trinajstić information content (AvgIpc) is 2.58. The average molecular weight is 357 g/mol. The molecule has 6 heteroatoms. The van der Waals surface area contributed by atoms with Crippen molar-refractivity contribution in [2.75, 3.05) is 13.1 Å². The zero-order chi connectivity index (χ0) is 19.1. The van der Waals surface area contributed by atoms with Gasteiger partial charge in [0.25, 0.3) is 0 Å². The highest BCUT2D eigenvalue weighted by Crippen LogP contribution is 2.08. The highest BCUT2D eigenvalue weighted by molar-refractivity contribution is 5.88. The third-order valence-electron chi connectivity index (χ3n) is 4.16. The van der Waals surface area contributed by atoms with E-state index in [0.717, 1.165) is 44.9 Å². The van der Waals surface area contributed by atoms with Crippen molar-refractivity contribution in [3.63, 3.8) is 0 Å². The number of carboxylic acids is 1. The summed E-state index contributed by atoms with van der Waals surface area (Å²) < 4.78 is 0. The number of hydrogen-bond donors (Lipinski definition) is 2. The number of hydrogen-bond acceptors (Lipinski definition) is 3. The van der Waals surface area contributed by atoms with Crippen LogP contribution in [0.5, 0.6) is 0 Å². The summed E-state index contributed by atoms with van der Waals surface area (Å²) in [5.41, 5.74) is 0. The minimum Gasteiger partial charge on any atom is -0.481 e. The number of unbranched alkanes of at least 4 members (excludes halogenated alkanes) is 4. The van der Waals surface area contributed by atoms with Crippen molar-refractivity contribution in [1.82, 2.24) is 10.2 Å². The normalized spacial score (nSPS) is 11.8. The SMILES string of the molecule is CCCCCC(=O)N[C@@H](CCC(=O)O)C(=O)N(CCCC)CCCC. The van der Waals surface area contributed by atoms with Gasteiger partial charge in [-0.15, -0.1) is 0 Å². The van der Waals surface area contributed by atoms with Crippen LogP contribution in [0.1, 0.15) is 85.0 Å². The Hall–Kier alpha value is -1.59. The van der Waals surface area contributed by atoms with Crippen molar-refractivity contribution in [2.45, 2.75) is 91.0 Å². The first-order chi connectivity index (χ1) is 12.0. The molecule has 0 unspecified atom stereocenters. The molecule has 25 heavy (non-hydrogen) atoms. The van der Waals surface area contributed by atoms with Gasteiger partial charge in [-0.3, -0.25) is 14.4 Å². The third-order valence-corrected chi connectivity index (χ3v) is 4.16. The van der Waals surface area contributed by atoms with Gasteiger partial charge < -0.3 is 15.3 Å². The molecule has 0 saturated carbocycles. The fraction of sp³-hybridized carbons (Fsp3) is 0.842. The van der Waals surface area contributed by atoms with E-state index >= 15 is 0 Å². The van der Waals surface area contributed by atoms with Crippen LogP contribution in [-0.2, 0) is 14.4 Å². The fourth-order valence-electron chi connectivity index (χ4n) is 2.58. The number of amides is 2. The van der Waals surface area contributed by atoms with Crippen LogP contribution in [0.25, 0.3) is 0 Å². The van der Waals surface area contributed by atoms with Crippen molar-refractivity contribution < 1.29 is 19.5 Å². The van der Waals surface area contributed by atoms with Gasteiger partial charge in [-0.1, -0.05) is 46.5 Å². The van der Waals surface area contributed by atoms with Crippen LogP contribution >= 0.6 is 0 Å². The lowest BCUT2D eigenvalue weighted by atomic mass is 10.1. The largest absolute Gasteiger partial charge is 0.481 e. The molecule has 0 bridgehead atoms. The molecule has 0 heterocycles.